The van der Waals surface area contributed by atoms with Gasteiger partial charge >= 0.3 is 0 Å². The third kappa shape index (κ3) is 4.81. The smallest absolute Gasteiger partial charge is 0.262 e. The summed E-state index contributed by atoms with van der Waals surface area (Å²) in [5.41, 5.74) is 9.21. The molecule has 0 spiro atoms. The second-order valence-corrected chi connectivity index (χ2v) is 10.1. The molecule has 1 aliphatic rings. The van der Waals surface area contributed by atoms with E-state index in [-0.39, 0.29) is 17.9 Å². The van der Waals surface area contributed by atoms with Crippen LogP contribution in [0.1, 0.15) is 66.0 Å². The van der Waals surface area contributed by atoms with Crippen molar-refractivity contribution in [3.63, 3.8) is 0 Å². The van der Waals surface area contributed by atoms with Crippen LogP contribution >= 0.6 is 11.3 Å². The summed E-state index contributed by atoms with van der Waals surface area (Å²) < 4.78 is 5.85. The van der Waals surface area contributed by atoms with Crippen molar-refractivity contribution in [3.8, 4) is 5.75 Å². The van der Waals surface area contributed by atoms with Crippen molar-refractivity contribution in [2.75, 3.05) is 11.9 Å². The predicted octanol–water partition coefficient (Wildman–Crippen LogP) is 4.60. The Labute approximate surface area is 176 Å². The van der Waals surface area contributed by atoms with Gasteiger partial charge in [0.2, 0.25) is 0 Å². The van der Waals surface area contributed by atoms with Crippen molar-refractivity contribution in [1.29, 1.82) is 0 Å². The van der Waals surface area contributed by atoms with Gasteiger partial charge in [0, 0.05) is 4.88 Å². The maximum atomic E-state index is 12.6. The minimum absolute atomic E-state index is 0.0968. The molecule has 0 saturated heterocycles. The lowest BCUT2D eigenvalue weighted by Crippen LogP contribution is -2.23. The van der Waals surface area contributed by atoms with E-state index in [9.17, 15) is 9.59 Å². The zero-order chi connectivity index (χ0) is 21.3. The predicted molar refractivity (Wildman–Crippen MR) is 118 cm³/mol. The van der Waals surface area contributed by atoms with E-state index in [4.69, 9.17) is 10.5 Å². The van der Waals surface area contributed by atoms with Crippen LogP contribution in [0.5, 0.6) is 5.75 Å². The number of nitrogens with one attached hydrogen (secondary N) is 1. The first kappa shape index (κ1) is 21.4. The van der Waals surface area contributed by atoms with Crippen LogP contribution in [0.2, 0.25) is 0 Å². The van der Waals surface area contributed by atoms with Gasteiger partial charge in [0.1, 0.15) is 10.8 Å². The molecule has 1 atom stereocenters. The highest BCUT2D eigenvalue weighted by molar-refractivity contribution is 7.17. The number of hydrogen-bond acceptors (Lipinski definition) is 4. The molecule has 2 amide bonds. The summed E-state index contributed by atoms with van der Waals surface area (Å²) >= 11 is 1.47. The lowest BCUT2D eigenvalue weighted by Gasteiger charge is -2.23. The van der Waals surface area contributed by atoms with Crippen LogP contribution in [0.25, 0.3) is 0 Å². The van der Waals surface area contributed by atoms with Crippen LogP contribution < -0.4 is 15.8 Å². The molecule has 0 aliphatic heterocycles. The number of anilines is 1. The quantitative estimate of drug-likeness (QED) is 0.750. The first-order valence-corrected chi connectivity index (χ1v) is 10.9. The molecule has 0 saturated carbocycles. The Morgan fingerprint density at radius 2 is 2.03 bits per heavy atom. The second kappa shape index (κ2) is 8.19. The van der Waals surface area contributed by atoms with Crippen LogP contribution in [-0.2, 0) is 23.1 Å². The SMILES string of the molecule is Cc1ccc(OCC(=O)Nc2sc3c(c2C(N)=O)CCC(C)C3)c(C(C)(C)C)c1. The number of nitrogens with two attached hydrogens (primary N) is 1. The molecule has 0 radical (unpaired) electrons. The molecule has 6 heteroatoms. The average Bonchev–Trinajstić information content (AvgIpc) is 2.96. The molecule has 156 valence electrons. The molecule has 1 aromatic carbocycles. The molecule has 29 heavy (non-hydrogen) atoms. The van der Waals surface area contributed by atoms with Gasteiger partial charge in [0.05, 0.1) is 5.56 Å². The minimum Gasteiger partial charge on any atom is -0.483 e. The van der Waals surface area contributed by atoms with E-state index in [1.54, 1.807) is 0 Å². The second-order valence-electron chi connectivity index (χ2n) is 9.01. The lowest BCUT2D eigenvalue weighted by atomic mass is 9.85. The van der Waals surface area contributed by atoms with Gasteiger partial charge in [0.25, 0.3) is 11.8 Å². The number of benzene rings is 1. The molecule has 1 unspecified atom stereocenters. The molecule has 3 N–H and O–H groups in total. The Kier molecular flexibility index (Phi) is 6.03. The molecule has 0 bridgehead atoms. The molecular weight excluding hydrogens is 384 g/mol. The number of primary amides is 1. The highest BCUT2D eigenvalue weighted by Crippen LogP contribution is 2.39. The van der Waals surface area contributed by atoms with Gasteiger partial charge in [0.15, 0.2) is 6.61 Å². The molecule has 3 rings (SSSR count). The number of carbonyl (C=O) groups is 2. The number of fused-ring (bicyclic) bond motifs is 1. The Morgan fingerprint density at radius 3 is 2.69 bits per heavy atom. The number of ether oxygens (including phenoxy) is 1. The van der Waals surface area contributed by atoms with Gasteiger partial charge in [-0.05, 0) is 54.7 Å². The third-order valence-corrected chi connectivity index (χ3v) is 6.48. The normalized spacial score (nSPS) is 16.2. The van der Waals surface area contributed by atoms with E-state index < -0.39 is 5.91 Å². The van der Waals surface area contributed by atoms with E-state index in [0.29, 0.717) is 22.2 Å². The van der Waals surface area contributed by atoms with Crippen molar-refractivity contribution < 1.29 is 14.3 Å². The Balaban J connectivity index is 1.75. The van der Waals surface area contributed by atoms with Crippen molar-refractivity contribution in [2.24, 2.45) is 11.7 Å². The first-order valence-electron chi connectivity index (χ1n) is 10.0. The Hall–Kier alpha value is -2.34. The summed E-state index contributed by atoms with van der Waals surface area (Å²) in [6.07, 6.45) is 2.78. The van der Waals surface area contributed by atoms with Crippen LogP contribution in [0, 0.1) is 12.8 Å². The first-order chi connectivity index (χ1) is 13.6. The standard InChI is InChI=1S/C23H30N2O3S/c1-13-7-9-17(16(10-13)23(3,4)5)28-12-19(26)25-22-20(21(24)27)15-8-6-14(2)11-18(15)29-22/h7,9-10,14H,6,8,11-12H2,1-5H3,(H2,24,27)(H,25,26). The van der Waals surface area contributed by atoms with Crippen molar-refractivity contribution in [3.05, 3.63) is 45.3 Å². The third-order valence-electron chi connectivity index (χ3n) is 5.31. The molecule has 0 fully saturated rings. The zero-order valence-corrected chi connectivity index (χ0v) is 18.7. The molecule has 2 aromatic rings. The molecule has 5 nitrogen and oxygen atoms in total. The molecule has 1 aliphatic carbocycles. The number of aryl methyl sites for hydroxylation is 1. The van der Waals surface area contributed by atoms with Crippen molar-refractivity contribution in [1.82, 2.24) is 0 Å². The molecule has 1 heterocycles. The number of carbonyl (C=O) groups excluding carboxylic acids is 2. The zero-order valence-electron chi connectivity index (χ0n) is 17.8. The largest absolute Gasteiger partial charge is 0.483 e. The van der Waals surface area contributed by atoms with Crippen LogP contribution in [-0.4, -0.2) is 18.4 Å². The maximum absolute atomic E-state index is 12.6. The highest BCUT2D eigenvalue weighted by atomic mass is 32.1. The summed E-state index contributed by atoms with van der Waals surface area (Å²) in [4.78, 5) is 25.8. The van der Waals surface area contributed by atoms with Gasteiger partial charge in [-0.2, -0.15) is 0 Å². The van der Waals surface area contributed by atoms with E-state index in [1.807, 2.05) is 19.1 Å². The van der Waals surface area contributed by atoms with Gasteiger partial charge in [-0.1, -0.05) is 45.4 Å². The fourth-order valence-electron chi connectivity index (χ4n) is 3.76. The van der Waals surface area contributed by atoms with Gasteiger partial charge in [-0.3, -0.25) is 9.59 Å². The number of hydrogen-bond donors (Lipinski definition) is 2. The Bertz CT molecular complexity index is 940. The summed E-state index contributed by atoms with van der Waals surface area (Å²) in [7, 11) is 0. The monoisotopic (exact) mass is 414 g/mol. The fraction of sp³-hybridized carbons (Fsp3) is 0.478. The summed E-state index contributed by atoms with van der Waals surface area (Å²) in [6.45, 7) is 10.5. The fourth-order valence-corrected chi connectivity index (χ4v) is 5.19. The average molecular weight is 415 g/mol. The van der Waals surface area contributed by atoms with Crippen molar-refractivity contribution in [2.45, 2.75) is 59.3 Å². The summed E-state index contributed by atoms with van der Waals surface area (Å²) in [5, 5.41) is 3.40. The van der Waals surface area contributed by atoms with E-state index in [2.05, 4.69) is 39.1 Å². The Morgan fingerprint density at radius 1 is 1.31 bits per heavy atom. The highest BCUT2D eigenvalue weighted by Gasteiger charge is 2.27. The van der Waals surface area contributed by atoms with Crippen molar-refractivity contribution >= 4 is 28.2 Å². The topological polar surface area (TPSA) is 81.4 Å². The maximum Gasteiger partial charge on any atom is 0.262 e. The van der Waals surface area contributed by atoms with Crippen LogP contribution in [0.4, 0.5) is 5.00 Å². The number of rotatable bonds is 5. The van der Waals surface area contributed by atoms with Crippen LogP contribution in [0.15, 0.2) is 18.2 Å². The number of amides is 2. The van der Waals surface area contributed by atoms with E-state index in [0.717, 1.165) is 40.8 Å². The van der Waals surface area contributed by atoms with Gasteiger partial charge < -0.3 is 15.8 Å². The van der Waals surface area contributed by atoms with Crippen LogP contribution in [0.3, 0.4) is 0 Å². The molecular formula is C23H30N2O3S. The minimum atomic E-state index is -0.484. The summed E-state index contributed by atoms with van der Waals surface area (Å²) in [5.74, 6) is 0.500. The van der Waals surface area contributed by atoms with Gasteiger partial charge in [-0.15, -0.1) is 11.3 Å². The molecule has 1 aromatic heterocycles. The summed E-state index contributed by atoms with van der Waals surface area (Å²) in [6, 6.07) is 5.97. The van der Waals surface area contributed by atoms with Gasteiger partial charge in [-0.25, -0.2) is 0 Å². The van der Waals surface area contributed by atoms with E-state index in [1.165, 1.54) is 11.3 Å². The lowest BCUT2D eigenvalue weighted by molar-refractivity contribution is -0.118. The van der Waals surface area contributed by atoms with E-state index >= 15 is 0 Å². The number of thiophene rings is 1.